The summed E-state index contributed by atoms with van der Waals surface area (Å²) in [5.41, 5.74) is 6.22. The van der Waals surface area contributed by atoms with Gasteiger partial charge in [0.2, 0.25) is 0 Å². The number of esters is 1. The van der Waals surface area contributed by atoms with Gasteiger partial charge in [-0.05, 0) is 53.6 Å². The molecule has 1 amide bonds. The van der Waals surface area contributed by atoms with Gasteiger partial charge in [0, 0.05) is 10.6 Å². The Morgan fingerprint density at radius 2 is 1.83 bits per heavy atom. The third-order valence-corrected chi connectivity index (χ3v) is 5.23. The molecule has 0 radical (unpaired) electrons. The highest BCUT2D eigenvalue weighted by molar-refractivity contribution is 6.30. The van der Waals surface area contributed by atoms with Gasteiger partial charge in [-0.1, -0.05) is 48.0 Å². The van der Waals surface area contributed by atoms with Crippen LogP contribution in [0, 0.1) is 0 Å². The van der Waals surface area contributed by atoms with Crippen LogP contribution in [0.25, 0.3) is 11.3 Å². The van der Waals surface area contributed by atoms with Crippen LogP contribution in [0.5, 0.6) is 5.75 Å². The number of hydrazone groups is 1. The van der Waals surface area contributed by atoms with Gasteiger partial charge < -0.3 is 9.47 Å². The number of ether oxygens (including phenoxy) is 2. The van der Waals surface area contributed by atoms with E-state index in [9.17, 15) is 9.59 Å². The molecule has 1 aromatic heterocycles. The van der Waals surface area contributed by atoms with Gasteiger partial charge in [0.1, 0.15) is 18.1 Å². The van der Waals surface area contributed by atoms with Crippen LogP contribution in [-0.2, 0) is 11.3 Å². The molecule has 0 aliphatic carbocycles. The summed E-state index contributed by atoms with van der Waals surface area (Å²) >= 11 is 5.92. The average molecular weight is 489 g/mol. The summed E-state index contributed by atoms with van der Waals surface area (Å²) in [7, 11) is 1.32. The lowest BCUT2D eigenvalue weighted by molar-refractivity contribution is 0.0600. The van der Waals surface area contributed by atoms with Gasteiger partial charge in [-0.15, -0.1) is 0 Å². The van der Waals surface area contributed by atoms with E-state index in [1.807, 2.05) is 48.5 Å². The van der Waals surface area contributed by atoms with Gasteiger partial charge in [-0.3, -0.25) is 9.89 Å². The molecule has 3 aromatic carbocycles. The Bertz CT molecular complexity index is 1350. The van der Waals surface area contributed by atoms with E-state index in [4.69, 9.17) is 16.3 Å². The highest BCUT2D eigenvalue weighted by atomic mass is 35.5. The molecule has 4 aromatic rings. The highest BCUT2D eigenvalue weighted by Crippen LogP contribution is 2.24. The monoisotopic (exact) mass is 488 g/mol. The third-order valence-electron chi connectivity index (χ3n) is 4.98. The molecular formula is C26H21ClN4O4. The number of benzene rings is 3. The zero-order chi connectivity index (χ0) is 24.6. The molecule has 0 atom stereocenters. The Balaban J connectivity index is 1.35. The van der Waals surface area contributed by atoms with Gasteiger partial charge in [-0.2, -0.15) is 10.2 Å². The van der Waals surface area contributed by atoms with Crippen molar-refractivity contribution < 1.29 is 19.1 Å². The number of H-pyrrole nitrogens is 1. The minimum atomic E-state index is -0.443. The first-order valence-electron chi connectivity index (χ1n) is 10.6. The first kappa shape index (κ1) is 23.7. The number of rotatable bonds is 8. The number of aromatic amines is 1. The van der Waals surface area contributed by atoms with Crippen LogP contribution in [-0.4, -0.2) is 35.4 Å². The van der Waals surface area contributed by atoms with Gasteiger partial charge in [0.05, 0.1) is 24.6 Å². The standard InChI is InChI=1S/C26H21ClN4O4/c1-34-26(33)19-9-5-17(6-10-19)15-28-31-25(32)24-14-23(29-30-24)20-3-2-4-22(13-20)35-16-18-7-11-21(27)12-8-18/h2-15H,16H2,1H3,(H,29,30)(H,31,32)/b28-15-. The predicted octanol–water partition coefficient (Wildman–Crippen LogP) is 4.86. The van der Waals surface area contributed by atoms with E-state index in [1.54, 1.807) is 30.3 Å². The first-order chi connectivity index (χ1) is 17.0. The van der Waals surface area contributed by atoms with Crippen molar-refractivity contribution >= 4 is 29.7 Å². The molecule has 2 N–H and O–H groups in total. The quantitative estimate of drug-likeness (QED) is 0.209. The van der Waals surface area contributed by atoms with E-state index in [-0.39, 0.29) is 5.69 Å². The molecule has 0 saturated carbocycles. The lowest BCUT2D eigenvalue weighted by Gasteiger charge is -2.07. The van der Waals surface area contributed by atoms with Crippen molar-refractivity contribution in [1.82, 2.24) is 15.6 Å². The minimum Gasteiger partial charge on any atom is -0.489 e. The number of amides is 1. The van der Waals surface area contributed by atoms with Crippen molar-refractivity contribution in [2.75, 3.05) is 7.11 Å². The van der Waals surface area contributed by atoms with E-state index in [2.05, 4.69) is 25.5 Å². The van der Waals surface area contributed by atoms with Crippen LogP contribution in [0.2, 0.25) is 5.02 Å². The molecule has 8 nitrogen and oxygen atoms in total. The number of hydrogen-bond donors (Lipinski definition) is 2. The molecule has 176 valence electrons. The molecule has 1 heterocycles. The number of nitrogens with one attached hydrogen (secondary N) is 2. The van der Waals surface area contributed by atoms with Crippen LogP contribution in [0.15, 0.2) is 84.0 Å². The number of carbonyl (C=O) groups excluding carboxylic acids is 2. The zero-order valence-corrected chi connectivity index (χ0v) is 19.5. The van der Waals surface area contributed by atoms with Crippen LogP contribution < -0.4 is 10.2 Å². The molecule has 0 bridgehead atoms. The first-order valence-corrected chi connectivity index (χ1v) is 10.9. The maximum atomic E-state index is 12.4. The van der Waals surface area contributed by atoms with Gasteiger partial charge >= 0.3 is 5.97 Å². The zero-order valence-electron chi connectivity index (χ0n) is 18.7. The Kier molecular flexibility index (Phi) is 7.54. The molecule has 0 aliphatic rings. The summed E-state index contributed by atoms with van der Waals surface area (Å²) in [4.78, 5) is 23.9. The lowest BCUT2D eigenvalue weighted by Crippen LogP contribution is -2.18. The summed E-state index contributed by atoms with van der Waals surface area (Å²) in [6.45, 7) is 0.401. The summed E-state index contributed by atoms with van der Waals surface area (Å²) < 4.78 is 10.5. The van der Waals surface area contributed by atoms with E-state index in [0.29, 0.717) is 34.2 Å². The number of hydrogen-bond acceptors (Lipinski definition) is 6. The summed E-state index contributed by atoms with van der Waals surface area (Å²) in [6, 6.07) is 23.1. The summed E-state index contributed by atoms with van der Waals surface area (Å²) in [5.74, 6) is -0.189. The van der Waals surface area contributed by atoms with Crippen molar-refractivity contribution in [3.63, 3.8) is 0 Å². The lowest BCUT2D eigenvalue weighted by atomic mass is 10.1. The average Bonchev–Trinajstić information content (AvgIpc) is 3.39. The fourth-order valence-corrected chi connectivity index (χ4v) is 3.25. The van der Waals surface area contributed by atoms with Crippen LogP contribution in [0.4, 0.5) is 0 Å². The molecule has 0 saturated heterocycles. The Labute approximate surface area is 206 Å². The van der Waals surface area contributed by atoms with E-state index in [1.165, 1.54) is 13.3 Å². The fourth-order valence-electron chi connectivity index (χ4n) is 3.13. The molecule has 0 unspecified atom stereocenters. The van der Waals surface area contributed by atoms with Gasteiger partial charge in [-0.25, -0.2) is 10.2 Å². The normalized spacial score (nSPS) is 10.8. The van der Waals surface area contributed by atoms with Crippen molar-refractivity contribution in [1.29, 1.82) is 0 Å². The van der Waals surface area contributed by atoms with E-state index < -0.39 is 11.9 Å². The number of methoxy groups -OCH3 is 1. The molecule has 4 rings (SSSR count). The highest BCUT2D eigenvalue weighted by Gasteiger charge is 2.11. The van der Waals surface area contributed by atoms with Crippen molar-refractivity contribution in [2.45, 2.75) is 6.61 Å². The van der Waals surface area contributed by atoms with Crippen LogP contribution in [0.3, 0.4) is 0 Å². The van der Waals surface area contributed by atoms with E-state index in [0.717, 1.165) is 11.1 Å². The SMILES string of the molecule is COC(=O)c1ccc(/C=N\NC(=O)c2cc(-c3cccc(OCc4ccc(Cl)cc4)c3)n[nH]2)cc1. The molecule has 9 heteroatoms. The van der Waals surface area contributed by atoms with Crippen LogP contribution in [0.1, 0.15) is 32.0 Å². The Hall–Kier alpha value is -4.43. The van der Waals surface area contributed by atoms with Gasteiger partial charge in [0.15, 0.2) is 0 Å². The third kappa shape index (κ3) is 6.33. The largest absolute Gasteiger partial charge is 0.489 e. The number of halogens is 1. The second-order valence-electron chi connectivity index (χ2n) is 7.42. The Morgan fingerprint density at radius 3 is 2.57 bits per heavy atom. The van der Waals surface area contributed by atoms with Crippen molar-refractivity contribution in [3.8, 4) is 17.0 Å². The van der Waals surface area contributed by atoms with Crippen molar-refractivity contribution in [3.05, 3.63) is 106 Å². The number of nitrogens with zero attached hydrogens (tertiary/aromatic N) is 2. The molecule has 0 fully saturated rings. The van der Waals surface area contributed by atoms with E-state index >= 15 is 0 Å². The second kappa shape index (κ2) is 11.1. The molecule has 35 heavy (non-hydrogen) atoms. The molecule has 0 spiro atoms. The maximum absolute atomic E-state index is 12.4. The number of aromatic nitrogens is 2. The maximum Gasteiger partial charge on any atom is 0.337 e. The second-order valence-corrected chi connectivity index (χ2v) is 7.86. The summed E-state index contributed by atoms with van der Waals surface area (Å²) in [6.07, 6.45) is 1.47. The topological polar surface area (TPSA) is 106 Å². The fraction of sp³-hybridized carbons (Fsp3) is 0.0769. The Morgan fingerprint density at radius 1 is 1.06 bits per heavy atom. The summed E-state index contributed by atoms with van der Waals surface area (Å²) in [5, 5.41) is 11.6. The minimum absolute atomic E-state index is 0.255. The van der Waals surface area contributed by atoms with Crippen LogP contribution >= 0.6 is 11.6 Å². The smallest absolute Gasteiger partial charge is 0.337 e. The van der Waals surface area contributed by atoms with Gasteiger partial charge in [0.25, 0.3) is 5.91 Å². The molecular weight excluding hydrogens is 468 g/mol. The van der Waals surface area contributed by atoms with Crippen molar-refractivity contribution in [2.24, 2.45) is 5.10 Å². The predicted molar refractivity (Wildman–Crippen MR) is 133 cm³/mol. The number of carbonyl (C=O) groups is 2. The molecule has 0 aliphatic heterocycles.